The Bertz CT molecular complexity index is 696. The van der Waals surface area contributed by atoms with E-state index in [1.165, 1.54) is 10.4 Å². The molecule has 1 saturated heterocycles. The SMILES string of the molecule is O=C(CN1CCN(c2cnccn2)CC1)N1CCc2sccc2C1. The summed E-state index contributed by atoms with van der Waals surface area (Å²) in [4.78, 5) is 29.0. The van der Waals surface area contributed by atoms with E-state index in [1.54, 1.807) is 18.6 Å². The van der Waals surface area contributed by atoms with Gasteiger partial charge in [-0.1, -0.05) is 0 Å². The van der Waals surface area contributed by atoms with Crippen LogP contribution >= 0.6 is 11.3 Å². The van der Waals surface area contributed by atoms with Gasteiger partial charge in [0.05, 0.1) is 12.7 Å². The molecule has 0 unspecified atom stereocenters. The maximum absolute atomic E-state index is 12.6. The summed E-state index contributed by atoms with van der Waals surface area (Å²) < 4.78 is 0. The highest BCUT2D eigenvalue weighted by Crippen LogP contribution is 2.24. The second kappa shape index (κ2) is 6.86. The van der Waals surface area contributed by atoms with Crippen LogP contribution < -0.4 is 4.90 Å². The molecule has 0 N–H and O–H groups in total. The molecule has 0 saturated carbocycles. The molecular weight excluding hydrogens is 322 g/mol. The van der Waals surface area contributed by atoms with Gasteiger partial charge in [-0.3, -0.25) is 14.7 Å². The van der Waals surface area contributed by atoms with E-state index >= 15 is 0 Å². The van der Waals surface area contributed by atoms with Crippen LogP contribution in [0.1, 0.15) is 10.4 Å². The van der Waals surface area contributed by atoms with Crippen LogP contribution in [0.2, 0.25) is 0 Å². The van der Waals surface area contributed by atoms with Crippen LogP contribution in [-0.4, -0.2) is 64.9 Å². The Hall–Kier alpha value is -1.99. The average Bonchev–Trinajstić information content (AvgIpc) is 3.11. The van der Waals surface area contributed by atoms with E-state index < -0.39 is 0 Å². The van der Waals surface area contributed by atoms with Crippen LogP contribution in [0.3, 0.4) is 0 Å². The Morgan fingerprint density at radius 2 is 2.04 bits per heavy atom. The number of fused-ring (bicyclic) bond motifs is 1. The van der Waals surface area contributed by atoms with E-state index in [0.717, 1.165) is 51.5 Å². The zero-order chi connectivity index (χ0) is 16.4. The lowest BCUT2D eigenvalue weighted by atomic mass is 10.1. The number of thiophene rings is 1. The van der Waals surface area contributed by atoms with Gasteiger partial charge in [-0.15, -0.1) is 11.3 Å². The standard InChI is InChI=1S/C17H21N5OS/c23-17(22-5-1-15-14(12-22)2-10-24-15)13-20-6-8-21(9-7-20)16-11-18-3-4-19-16/h2-4,10-11H,1,5-9,12-13H2. The van der Waals surface area contributed by atoms with Gasteiger partial charge in [0.1, 0.15) is 5.82 Å². The van der Waals surface area contributed by atoms with Crippen LogP contribution in [0.5, 0.6) is 0 Å². The Morgan fingerprint density at radius 3 is 2.83 bits per heavy atom. The van der Waals surface area contributed by atoms with Crippen LogP contribution in [-0.2, 0) is 17.8 Å². The van der Waals surface area contributed by atoms with Crippen molar-refractivity contribution >= 4 is 23.1 Å². The minimum Gasteiger partial charge on any atom is -0.353 e. The lowest BCUT2D eigenvalue weighted by Gasteiger charge is -2.36. The van der Waals surface area contributed by atoms with Gasteiger partial charge in [-0.2, -0.15) is 0 Å². The first kappa shape index (κ1) is 15.5. The molecular formula is C17H21N5OS. The molecule has 2 aliphatic rings. The number of carbonyl (C=O) groups excluding carboxylic acids is 1. The highest BCUT2D eigenvalue weighted by Gasteiger charge is 2.25. The van der Waals surface area contributed by atoms with E-state index in [1.807, 2.05) is 16.2 Å². The molecule has 0 spiro atoms. The molecule has 2 aromatic rings. The number of hydrogen-bond acceptors (Lipinski definition) is 6. The summed E-state index contributed by atoms with van der Waals surface area (Å²) in [6, 6.07) is 2.15. The van der Waals surface area contributed by atoms with Crippen molar-refractivity contribution in [1.82, 2.24) is 19.8 Å². The summed E-state index contributed by atoms with van der Waals surface area (Å²) in [5.74, 6) is 1.17. The minimum atomic E-state index is 0.250. The van der Waals surface area contributed by atoms with Crippen LogP contribution in [0, 0.1) is 0 Å². The van der Waals surface area contributed by atoms with Crippen LogP contribution in [0.4, 0.5) is 5.82 Å². The van der Waals surface area contributed by atoms with Crippen molar-refractivity contribution in [2.24, 2.45) is 0 Å². The highest BCUT2D eigenvalue weighted by atomic mass is 32.1. The molecule has 24 heavy (non-hydrogen) atoms. The lowest BCUT2D eigenvalue weighted by molar-refractivity contribution is -0.133. The van der Waals surface area contributed by atoms with E-state index in [-0.39, 0.29) is 5.91 Å². The quantitative estimate of drug-likeness (QED) is 0.839. The first-order chi connectivity index (χ1) is 11.8. The molecule has 0 radical (unpaired) electrons. The smallest absolute Gasteiger partial charge is 0.237 e. The maximum atomic E-state index is 12.6. The van der Waals surface area contributed by atoms with Gasteiger partial charge in [0, 0.05) is 56.5 Å². The molecule has 0 aromatic carbocycles. The van der Waals surface area contributed by atoms with Gasteiger partial charge in [0.25, 0.3) is 0 Å². The van der Waals surface area contributed by atoms with Crippen molar-refractivity contribution in [2.45, 2.75) is 13.0 Å². The van der Waals surface area contributed by atoms with Gasteiger partial charge in [-0.25, -0.2) is 4.98 Å². The Morgan fingerprint density at radius 1 is 1.17 bits per heavy atom. The van der Waals surface area contributed by atoms with Crippen molar-refractivity contribution in [2.75, 3.05) is 44.2 Å². The predicted octanol–water partition coefficient (Wildman–Crippen LogP) is 1.24. The Labute approximate surface area is 145 Å². The number of piperazine rings is 1. The molecule has 6 nitrogen and oxygen atoms in total. The third kappa shape index (κ3) is 3.27. The lowest BCUT2D eigenvalue weighted by Crippen LogP contribution is -2.50. The molecule has 126 valence electrons. The molecule has 0 atom stereocenters. The summed E-state index contributed by atoms with van der Waals surface area (Å²) >= 11 is 1.81. The van der Waals surface area contributed by atoms with Crippen LogP contribution in [0.25, 0.3) is 0 Å². The fourth-order valence-electron chi connectivity index (χ4n) is 3.34. The van der Waals surface area contributed by atoms with E-state index in [0.29, 0.717) is 6.54 Å². The zero-order valence-corrected chi connectivity index (χ0v) is 14.4. The second-order valence-electron chi connectivity index (χ2n) is 6.26. The van der Waals surface area contributed by atoms with Crippen molar-refractivity contribution in [1.29, 1.82) is 0 Å². The number of aromatic nitrogens is 2. The number of rotatable bonds is 3. The van der Waals surface area contributed by atoms with Gasteiger partial charge in [0.15, 0.2) is 0 Å². The molecule has 2 aromatic heterocycles. The largest absolute Gasteiger partial charge is 0.353 e. The van der Waals surface area contributed by atoms with Crippen molar-refractivity contribution in [3.05, 3.63) is 40.5 Å². The number of amides is 1. The second-order valence-corrected chi connectivity index (χ2v) is 7.26. The minimum absolute atomic E-state index is 0.250. The van der Waals surface area contributed by atoms with Crippen molar-refractivity contribution in [3.8, 4) is 0 Å². The monoisotopic (exact) mass is 343 g/mol. The number of anilines is 1. The first-order valence-corrected chi connectivity index (χ1v) is 9.24. The zero-order valence-electron chi connectivity index (χ0n) is 13.6. The molecule has 4 heterocycles. The van der Waals surface area contributed by atoms with E-state index in [9.17, 15) is 4.79 Å². The van der Waals surface area contributed by atoms with Gasteiger partial charge >= 0.3 is 0 Å². The molecule has 0 bridgehead atoms. The van der Waals surface area contributed by atoms with Crippen molar-refractivity contribution < 1.29 is 4.79 Å². The summed E-state index contributed by atoms with van der Waals surface area (Å²) in [7, 11) is 0. The molecule has 7 heteroatoms. The summed E-state index contributed by atoms with van der Waals surface area (Å²) in [5.41, 5.74) is 1.33. The third-order valence-corrected chi connectivity index (χ3v) is 5.79. The average molecular weight is 343 g/mol. The first-order valence-electron chi connectivity index (χ1n) is 8.36. The maximum Gasteiger partial charge on any atom is 0.237 e. The molecule has 0 aliphatic carbocycles. The predicted molar refractivity (Wildman–Crippen MR) is 94.1 cm³/mol. The molecule has 1 amide bonds. The molecule has 2 aliphatic heterocycles. The van der Waals surface area contributed by atoms with Crippen molar-refractivity contribution in [3.63, 3.8) is 0 Å². The Balaban J connectivity index is 1.29. The fourth-order valence-corrected chi connectivity index (χ4v) is 4.23. The molecule has 4 rings (SSSR count). The molecule has 1 fully saturated rings. The Kier molecular flexibility index (Phi) is 4.44. The van der Waals surface area contributed by atoms with Gasteiger partial charge in [0.2, 0.25) is 5.91 Å². The topological polar surface area (TPSA) is 52.6 Å². The summed E-state index contributed by atoms with van der Waals surface area (Å²) in [6.45, 7) is 5.71. The highest BCUT2D eigenvalue weighted by molar-refractivity contribution is 7.10. The van der Waals surface area contributed by atoms with Gasteiger partial charge in [-0.05, 0) is 23.4 Å². The normalized spacial score (nSPS) is 18.5. The summed E-state index contributed by atoms with van der Waals surface area (Å²) in [5, 5.41) is 2.13. The number of carbonyl (C=O) groups is 1. The number of nitrogens with zero attached hydrogens (tertiary/aromatic N) is 5. The van der Waals surface area contributed by atoms with Gasteiger partial charge < -0.3 is 9.80 Å². The fraction of sp³-hybridized carbons (Fsp3) is 0.471. The third-order valence-electron chi connectivity index (χ3n) is 4.77. The van der Waals surface area contributed by atoms with E-state index in [4.69, 9.17) is 0 Å². The number of hydrogen-bond donors (Lipinski definition) is 0. The summed E-state index contributed by atoms with van der Waals surface area (Å²) in [6.07, 6.45) is 6.21. The van der Waals surface area contributed by atoms with E-state index in [2.05, 4.69) is 31.2 Å². The van der Waals surface area contributed by atoms with Crippen LogP contribution in [0.15, 0.2) is 30.0 Å².